The van der Waals surface area contributed by atoms with Crippen LogP contribution < -0.4 is 14.8 Å². The van der Waals surface area contributed by atoms with Gasteiger partial charge in [0.15, 0.2) is 16.6 Å². The Balaban J connectivity index is 1.66. The SMILES string of the molecule is COC(=O)c1sc(NC(=O)C=Cc2ccc3c(c2)OCO3)nc1C. The molecule has 0 aliphatic carbocycles. The molecule has 2 aromatic rings. The fraction of sp³-hybridized carbons (Fsp3) is 0.188. The molecule has 0 unspecified atom stereocenters. The zero-order valence-electron chi connectivity index (χ0n) is 13.0. The molecule has 0 bridgehead atoms. The number of fused-ring (bicyclic) bond motifs is 1. The van der Waals surface area contributed by atoms with Crippen molar-refractivity contribution in [2.75, 3.05) is 19.2 Å². The van der Waals surface area contributed by atoms with E-state index < -0.39 is 5.97 Å². The van der Waals surface area contributed by atoms with Gasteiger partial charge in [0.05, 0.1) is 12.8 Å². The summed E-state index contributed by atoms with van der Waals surface area (Å²) in [6.45, 7) is 1.88. The lowest BCUT2D eigenvalue weighted by molar-refractivity contribution is -0.111. The maximum atomic E-state index is 12.0. The predicted octanol–water partition coefficient (Wildman–Crippen LogP) is 2.62. The first-order valence-electron chi connectivity index (χ1n) is 7.01. The largest absolute Gasteiger partial charge is 0.465 e. The van der Waals surface area contributed by atoms with Crippen molar-refractivity contribution in [2.45, 2.75) is 6.92 Å². The molecule has 0 saturated carbocycles. The van der Waals surface area contributed by atoms with Gasteiger partial charge in [-0.3, -0.25) is 10.1 Å². The van der Waals surface area contributed by atoms with E-state index in [0.717, 1.165) is 16.9 Å². The molecule has 0 radical (unpaired) electrons. The second-order valence-electron chi connectivity index (χ2n) is 4.86. The number of hydrogen-bond donors (Lipinski definition) is 1. The first-order chi connectivity index (χ1) is 11.6. The third-order valence-corrected chi connectivity index (χ3v) is 4.27. The molecule has 7 nitrogen and oxygen atoms in total. The van der Waals surface area contributed by atoms with Gasteiger partial charge in [0.2, 0.25) is 12.7 Å². The number of nitrogens with zero attached hydrogens (tertiary/aromatic N) is 1. The minimum Gasteiger partial charge on any atom is -0.465 e. The first kappa shape index (κ1) is 16.0. The van der Waals surface area contributed by atoms with Gasteiger partial charge in [-0.15, -0.1) is 0 Å². The fourth-order valence-corrected chi connectivity index (χ4v) is 2.96. The molecule has 3 rings (SSSR count). The van der Waals surface area contributed by atoms with Crippen LogP contribution in [0.2, 0.25) is 0 Å². The molecular weight excluding hydrogens is 332 g/mol. The average Bonchev–Trinajstić information content (AvgIpc) is 3.18. The topological polar surface area (TPSA) is 86.8 Å². The van der Waals surface area contributed by atoms with Crippen LogP contribution in [-0.4, -0.2) is 30.8 Å². The summed E-state index contributed by atoms with van der Waals surface area (Å²) in [5.74, 6) is 0.514. The highest BCUT2D eigenvalue weighted by Crippen LogP contribution is 2.32. The molecule has 2 heterocycles. The third-order valence-electron chi connectivity index (χ3n) is 3.22. The summed E-state index contributed by atoms with van der Waals surface area (Å²) in [5.41, 5.74) is 1.32. The van der Waals surface area contributed by atoms with E-state index in [9.17, 15) is 9.59 Å². The fourth-order valence-electron chi connectivity index (χ4n) is 2.07. The number of ether oxygens (including phenoxy) is 3. The number of esters is 1. The molecule has 1 aromatic heterocycles. The molecule has 1 aliphatic heterocycles. The van der Waals surface area contributed by atoms with Crippen molar-refractivity contribution < 1.29 is 23.8 Å². The van der Waals surface area contributed by atoms with E-state index in [0.29, 0.717) is 27.2 Å². The van der Waals surface area contributed by atoms with Crippen LogP contribution in [0, 0.1) is 6.92 Å². The van der Waals surface area contributed by atoms with E-state index >= 15 is 0 Å². The summed E-state index contributed by atoms with van der Waals surface area (Å²) in [6.07, 6.45) is 3.03. The van der Waals surface area contributed by atoms with Crippen LogP contribution in [0.3, 0.4) is 0 Å². The van der Waals surface area contributed by atoms with Crippen molar-refractivity contribution in [1.82, 2.24) is 4.98 Å². The highest BCUT2D eigenvalue weighted by atomic mass is 32.1. The van der Waals surface area contributed by atoms with Gasteiger partial charge in [0.25, 0.3) is 0 Å². The second kappa shape index (κ2) is 6.71. The lowest BCUT2D eigenvalue weighted by atomic mass is 10.2. The number of thiazole rings is 1. The first-order valence-corrected chi connectivity index (χ1v) is 7.83. The number of rotatable bonds is 4. The average molecular weight is 346 g/mol. The van der Waals surface area contributed by atoms with Gasteiger partial charge in [-0.1, -0.05) is 17.4 Å². The Morgan fingerprint density at radius 2 is 2.12 bits per heavy atom. The van der Waals surface area contributed by atoms with Crippen molar-refractivity contribution in [3.05, 3.63) is 40.4 Å². The number of carbonyl (C=O) groups excluding carboxylic acids is 2. The maximum absolute atomic E-state index is 12.0. The molecule has 1 aliphatic rings. The van der Waals surface area contributed by atoms with Crippen molar-refractivity contribution in [1.29, 1.82) is 0 Å². The lowest BCUT2D eigenvalue weighted by Crippen LogP contribution is -2.07. The van der Waals surface area contributed by atoms with Crippen molar-refractivity contribution in [3.63, 3.8) is 0 Å². The van der Waals surface area contributed by atoms with E-state index in [4.69, 9.17) is 9.47 Å². The van der Waals surface area contributed by atoms with E-state index in [2.05, 4.69) is 15.0 Å². The Morgan fingerprint density at radius 3 is 2.92 bits per heavy atom. The summed E-state index contributed by atoms with van der Waals surface area (Å²) in [6, 6.07) is 5.39. The molecule has 0 spiro atoms. The van der Waals surface area contributed by atoms with Crippen molar-refractivity contribution >= 4 is 34.4 Å². The number of anilines is 1. The molecular formula is C16H14N2O5S. The van der Waals surface area contributed by atoms with Gasteiger partial charge in [0, 0.05) is 6.08 Å². The standard InChI is InChI=1S/C16H14N2O5S/c1-9-14(15(20)21-2)24-16(17-9)18-13(19)6-4-10-3-5-11-12(7-10)23-8-22-11/h3-7H,8H2,1-2H3,(H,17,18,19). The Hall–Kier alpha value is -2.87. The number of nitrogens with one attached hydrogen (secondary N) is 1. The molecule has 0 atom stereocenters. The third kappa shape index (κ3) is 3.38. The van der Waals surface area contributed by atoms with Gasteiger partial charge in [0.1, 0.15) is 4.88 Å². The molecule has 8 heteroatoms. The lowest BCUT2D eigenvalue weighted by Gasteiger charge is -1.98. The Bertz CT molecular complexity index is 828. The summed E-state index contributed by atoms with van der Waals surface area (Å²) < 4.78 is 15.2. The Kier molecular flexibility index (Phi) is 4.48. The maximum Gasteiger partial charge on any atom is 0.350 e. The van der Waals surface area contributed by atoms with E-state index in [1.807, 2.05) is 6.07 Å². The predicted molar refractivity (Wildman–Crippen MR) is 88.4 cm³/mol. The van der Waals surface area contributed by atoms with Crippen LogP contribution in [0.1, 0.15) is 20.9 Å². The minimum atomic E-state index is -0.471. The minimum absolute atomic E-state index is 0.203. The van der Waals surface area contributed by atoms with Crippen LogP contribution in [0.15, 0.2) is 24.3 Å². The normalized spacial score (nSPS) is 12.4. The van der Waals surface area contributed by atoms with Crippen LogP contribution in [-0.2, 0) is 9.53 Å². The number of benzene rings is 1. The molecule has 1 N–H and O–H groups in total. The van der Waals surface area contributed by atoms with Crippen LogP contribution in [0.25, 0.3) is 6.08 Å². The van der Waals surface area contributed by atoms with Crippen molar-refractivity contribution in [3.8, 4) is 11.5 Å². The summed E-state index contributed by atoms with van der Waals surface area (Å²) in [5, 5.41) is 2.96. The monoisotopic (exact) mass is 346 g/mol. The number of methoxy groups -OCH3 is 1. The zero-order chi connectivity index (χ0) is 17.1. The van der Waals surface area contributed by atoms with Crippen molar-refractivity contribution in [2.24, 2.45) is 0 Å². The van der Waals surface area contributed by atoms with Gasteiger partial charge in [-0.2, -0.15) is 0 Å². The van der Waals surface area contributed by atoms with Gasteiger partial charge < -0.3 is 14.2 Å². The Labute approximate surface area is 141 Å². The number of carbonyl (C=O) groups is 2. The number of hydrogen-bond acceptors (Lipinski definition) is 7. The summed E-state index contributed by atoms with van der Waals surface area (Å²) >= 11 is 1.07. The summed E-state index contributed by atoms with van der Waals surface area (Å²) in [7, 11) is 1.30. The van der Waals surface area contributed by atoms with E-state index in [1.54, 1.807) is 25.1 Å². The number of aryl methyl sites for hydroxylation is 1. The molecule has 0 saturated heterocycles. The molecule has 1 aromatic carbocycles. The van der Waals surface area contributed by atoms with Gasteiger partial charge in [-0.25, -0.2) is 9.78 Å². The molecule has 1 amide bonds. The molecule has 0 fully saturated rings. The Morgan fingerprint density at radius 1 is 1.33 bits per heavy atom. The quantitative estimate of drug-likeness (QED) is 0.676. The second-order valence-corrected chi connectivity index (χ2v) is 5.86. The molecule has 124 valence electrons. The van der Waals surface area contributed by atoms with Gasteiger partial charge >= 0.3 is 5.97 Å². The van der Waals surface area contributed by atoms with Crippen LogP contribution >= 0.6 is 11.3 Å². The number of aromatic nitrogens is 1. The summed E-state index contributed by atoms with van der Waals surface area (Å²) in [4.78, 5) is 28.0. The van der Waals surface area contributed by atoms with E-state index in [1.165, 1.54) is 13.2 Å². The zero-order valence-corrected chi connectivity index (χ0v) is 13.8. The van der Waals surface area contributed by atoms with Crippen LogP contribution in [0.5, 0.6) is 11.5 Å². The molecule has 24 heavy (non-hydrogen) atoms. The highest BCUT2D eigenvalue weighted by Gasteiger charge is 2.16. The van der Waals surface area contributed by atoms with E-state index in [-0.39, 0.29) is 12.7 Å². The van der Waals surface area contributed by atoms with Crippen LogP contribution in [0.4, 0.5) is 5.13 Å². The number of amides is 1. The smallest absolute Gasteiger partial charge is 0.350 e. The van der Waals surface area contributed by atoms with Gasteiger partial charge in [-0.05, 0) is 30.7 Å². The highest BCUT2D eigenvalue weighted by molar-refractivity contribution is 7.17.